The molecule has 0 aliphatic carbocycles. The van der Waals surface area contributed by atoms with Crippen LogP contribution in [0.3, 0.4) is 0 Å². The van der Waals surface area contributed by atoms with Crippen molar-refractivity contribution < 1.29 is 13.5 Å². The Labute approximate surface area is 122 Å². The van der Waals surface area contributed by atoms with Gasteiger partial charge in [0.15, 0.2) is 11.6 Å². The smallest absolute Gasteiger partial charge is 0.165 e. The van der Waals surface area contributed by atoms with Crippen LogP contribution in [0.25, 0.3) is 0 Å². The van der Waals surface area contributed by atoms with Gasteiger partial charge in [-0.3, -0.25) is 0 Å². The second-order valence-electron chi connectivity index (χ2n) is 4.56. The molecule has 0 unspecified atom stereocenters. The molecule has 112 valence electrons. The SMILES string of the molecule is CCOc1cc(CNNc2ccccc2)c(F)c(F)c1C. The molecule has 2 rings (SSSR count). The summed E-state index contributed by atoms with van der Waals surface area (Å²) in [5.74, 6) is -1.34. The molecule has 0 spiro atoms. The first-order valence-electron chi connectivity index (χ1n) is 6.77. The number of hydrogen-bond donors (Lipinski definition) is 2. The highest BCUT2D eigenvalue weighted by molar-refractivity contribution is 5.42. The molecular formula is C16H18F2N2O. The summed E-state index contributed by atoms with van der Waals surface area (Å²) in [4.78, 5) is 0. The Morgan fingerprint density at radius 2 is 1.81 bits per heavy atom. The maximum absolute atomic E-state index is 13.9. The summed E-state index contributed by atoms with van der Waals surface area (Å²) in [6.07, 6.45) is 0. The van der Waals surface area contributed by atoms with Crippen LogP contribution in [0.2, 0.25) is 0 Å². The number of hydrogen-bond acceptors (Lipinski definition) is 3. The number of rotatable bonds is 6. The third-order valence-corrected chi connectivity index (χ3v) is 3.06. The van der Waals surface area contributed by atoms with Crippen molar-refractivity contribution in [3.63, 3.8) is 0 Å². The molecule has 0 bridgehead atoms. The Hall–Kier alpha value is -2.14. The highest BCUT2D eigenvalue weighted by Gasteiger charge is 2.16. The van der Waals surface area contributed by atoms with Crippen molar-refractivity contribution in [3.8, 4) is 5.75 Å². The summed E-state index contributed by atoms with van der Waals surface area (Å²) in [7, 11) is 0. The van der Waals surface area contributed by atoms with Crippen LogP contribution >= 0.6 is 0 Å². The fraction of sp³-hybridized carbons (Fsp3) is 0.250. The number of nitrogens with one attached hydrogen (secondary N) is 2. The van der Waals surface area contributed by atoms with Crippen LogP contribution in [0.4, 0.5) is 14.5 Å². The van der Waals surface area contributed by atoms with Gasteiger partial charge >= 0.3 is 0 Å². The molecule has 5 heteroatoms. The Morgan fingerprint density at radius 3 is 2.48 bits per heavy atom. The van der Waals surface area contributed by atoms with E-state index < -0.39 is 11.6 Å². The molecule has 0 saturated heterocycles. The molecule has 2 aromatic carbocycles. The minimum absolute atomic E-state index is 0.137. The molecule has 2 aromatic rings. The van der Waals surface area contributed by atoms with Crippen molar-refractivity contribution >= 4 is 5.69 Å². The molecule has 0 radical (unpaired) electrons. The van der Waals surface area contributed by atoms with Crippen molar-refractivity contribution in [2.45, 2.75) is 20.4 Å². The summed E-state index contributed by atoms with van der Waals surface area (Å²) in [6, 6.07) is 10.9. The van der Waals surface area contributed by atoms with Crippen LogP contribution in [0, 0.1) is 18.6 Å². The summed E-state index contributed by atoms with van der Waals surface area (Å²) in [5.41, 5.74) is 7.03. The van der Waals surface area contributed by atoms with E-state index >= 15 is 0 Å². The van der Waals surface area contributed by atoms with E-state index in [1.807, 2.05) is 30.3 Å². The average Bonchev–Trinajstić information content (AvgIpc) is 2.51. The zero-order valence-corrected chi connectivity index (χ0v) is 12.0. The molecule has 0 aliphatic heterocycles. The van der Waals surface area contributed by atoms with Crippen LogP contribution in [-0.2, 0) is 6.54 Å². The lowest BCUT2D eigenvalue weighted by Gasteiger charge is -2.13. The molecule has 0 saturated carbocycles. The second kappa shape index (κ2) is 7.04. The lowest BCUT2D eigenvalue weighted by Crippen LogP contribution is -2.22. The van der Waals surface area contributed by atoms with Gasteiger partial charge in [0.25, 0.3) is 0 Å². The first-order chi connectivity index (χ1) is 10.1. The van der Waals surface area contributed by atoms with E-state index in [2.05, 4.69) is 10.9 Å². The fourth-order valence-electron chi connectivity index (χ4n) is 1.94. The number of ether oxygens (including phenoxy) is 1. The summed E-state index contributed by atoms with van der Waals surface area (Å²) >= 11 is 0. The zero-order chi connectivity index (χ0) is 15.2. The van der Waals surface area contributed by atoms with Gasteiger partial charge in [-0.2, -0.15) is 0 Å². The van der Waals surface area contributed by atoms with Gasteiger partial charge in [-0.25, -0.2) is 14.2 Å². The molecule has 2 N–H and O–H groups in total. The average molecular weight is 292 g/mol. The highest BCUT2D eigenvalue weighted by Crippen LogP contribution is 2.26. The number of anilines is 1. The van der Waals surface area contributed by atoms with Gasteiger partial charge in [0, 0.05) is 23.4 Å². The molecule has 0 heterocycles. The molecule has 0 atom stereocenters. The first-order valence-corrected chi connectivity index (χ1v) is 6.77. The molecule has 0 aliphatic rings. The van der Waals surface area contributed by atoms with E-state index in [9.17, 15) is 8.78 Å². The van der Waals surface area contributed by atoms with E-state index in [-0.39, 0.29) is 17.7 Å². The number of hydrazine groups is 1. The van der Waals surface area contributed by atoms with Crippen LogP contribution in [0.15, 0.2) is 36.4 Å². The Balaban J connectivity index is 2.09. The van der Waals surface area contributed by atoms with Gasteiger partial charge in [-0.1, -0.05) is 18.2 Å². The van der Waals surface area contributed by atoms with E-state index in [1.54, 1.807) is 6.92 Å². The van der Waals surface area contributed by atoms with Crippen LogP contribution in [-0.4, -0.2) is 6.61 Å². The van der Waals surface area contributed by atoms with Crippen LogP contribution < -0.4 is 15.6 Å². The molecule has 0 amide bonds. The van der Waals surface area contributed by atoms with Crippen molar-refractivity contribution in [2.75, 3.05) is 12.0 Å². The monoisotopic (exact) mass is 292 g/mol. The predicted molar refractivity (Wildman–Crippen MR) is 79.2 cm³/mol. The third kappa shape index (κ3) is 3.70. The van der Waals surface area contributed by atoms with E-state index in [0.717, 1.165) is 5.69 Å². The number of benzene rings is 2. The normalized spacial score (nSPS) is 10.5. The van der Waals surface area contributed by atoms with Gasteiger partial charge in [0.05, 0.1) is 6.61 Å². The summed E-state index contributed by atoms with van der Waals surface area (Å²) < 4.78 is 33.1. The number of para-hydroxylation sites is 1. The van der Waals surface area contributed by atoms with Crippen LogP contribution in [0.1, 0.15) is 18.1 Å². The first kappa shape index (κ1) is 15.3. The molecule has 21 heavy (non-hydrogen) atoms. The van der Waals surface area contributed by atoms with E-state index in [0.29, 0.717) is 12.4 Å². The molecule has 0 aromatic heterocycles. The van der Waals surface area contributed by atoms with Crippen molar-refractivity contribution in [1.82, 2.24) is 5.43 Å². The van der Waals surface area contributed by atoms with Crippen molar-refractivity contribution in [2.24, 2.45) is 0 Å². The van der Waals surface area contributed by atoms with Gasteiger partial charge in [0.2, 0.25) is 0 Å². The Morgan fingerprint density at radius 1 is 1.10 bits per heavy atom. The fourth-order valence-corrected chi connectivity index (χ4v) is 1.94. The Bertz CT molecular complexity index is 603. The van der Waals surface area contributed by atoms with Crippen molar-refractivity contribution in [1.29, 1.82) is 0 Å². The van der Waals surface area contributed by atoms with Crippen LogP contribution in [0.5, 0.6) is 5.75 Å². The zero-order valence-electron chi connectivity index (χ0n) is 12.0. The highest BCUT2D eigenvalue weighted by atomic mass is 19.2. The minimum atomic E-state index is -0.863. The molecule has 0 fully saturated rings. The standard InChI is InChI=1S/C16H18F2N2O/c1-3-21-14-9-12(16(18)15(17)11(14)2)10-19-20-13-7-5-4-6-8-13/h4-9,19-20H,3,10H2,1-2H3. The lowest BCUT2D eigenvalue weighted by atomic mass is 10.1. The largest absolute Gasteiger partial charge is 0.493 e. The lowest BCUT2D eigenvalue weighted by molar-refractivity contribution is 0.332. The van der Waals surface area contributed by atoms with E-state index in [1.165, 1.54) is 13.0 Å². The maximum Gasteiger partial charge on any atom is 0.165 e. The predicted octanol–water partition coefficient (Wildman–Crippen LogP) is 3.79. The van der Waals surface area contributed by atoms with Gasteiger partial charge in [-0.05, 0) is 32.0 Å². The Kier molecular flexibility index (Phi) is 5.11. The molecule has 3 nitrogen and oxygen atoms in total. The summed E-state index contributed by atoms with van der Waals surface area (Å²) in [5, 5.41) is 0. The van der Waals surface area contributed by atoms with E-state index in [4.69, 9.17) is 4.74 Å². The number of halogens is 2. The summed E-state index contributed by atoms with van der Waals surface area (Å²) in [6.45, 7) is 3.84. The minimum Gasteiger partial charge on any atom is -0.493 e. The van der Waals surface area contributed by atoms with Gasteiger partial charge < -0.3 is 10.2 Å². The molecular weight excluding hydrogens is 274 g/mol. The van der Waals surface area contributed by atoms with Gasteiger partial charge in [-0.15, -0.1) is 0 Å². The maximum atomic E-state index is 13.9. The topological polar surface area (TPSA) is 33.3 Å². The van der Waals surface area contributed by atoms with Crippen molar-refractivity contribution in [3.05, 3.63) is 59.2 Å². The second-order valence-corrected chi connectivity index (χ2v) is 4.56. The van der Waals surface area contributed by atoms with Gasteiger partial charge in [0.1, 0.15) is 5.75 Å². The quantitative estimate of drug-likeness (QED) is 0.795. The third-order valence-electron chi connectivity index (χ3n) is 3.06.